The molecule has 2 rings (SSSR count). The molecule has 6 heteroatoms. The van der Waals surface area contributed by atoms with Crippen molar-refractivity contribution >= 4 is 34.7 Å². The van der Waals surface area contributed by atoms with E-state index in [1.165, 1.54) is 6.20 Å². The third-order valence-electron chi connectivity index (χ3n) is 1.87. The summed E-state index contributed by atoms with van der Waals surface area (Å²) in [6, 6.07) is 6.74. The molecule has 2 N–H and O–H groups in total. The Morgan fingerprint density at radius 1 is 1.19 bits per heavy atom. The minimum atomic E-state index is 0.0855. The number of phenolic OH excluding ortho intramolecular Hbond substituents is 1. The predicted octanol–water partition coefficient (Wildman–Crippen LogP) is 3.23. The van der Waals surface area contributed by atoms with Gasteiger partial charge in [0, 0.05) is 0 Å². The van der Waals surface area contributed by atoms with E-state index in [0.717, 1.165) is 0 Å². The van der Waals surface area contributed by atoms with Crippen molar-refractivity contribution in [2.45, 2.75) is 0 Å². The number of rotatable bonds is 2. The van der Waals surface area contributed by atoms with Gasteiger partial charge in [0.15, 0.2) is 5.82 Å². The molecule has 0 spiro atoms. The molecule has 82 valence electrons. The van der Waals surface area contributed by atoms with E-state index >= 15 is 0 Å². The summed E-state index contributed by atoms with van der Waals surface area (Å²) in [7, 11) is 0. The first-order chi connectivity index (χ1) is 7.66. The molecule has 4 nitrogen and oxygen atoms in total. The summed E-state index contributed by atoms with van der Waals surface area (Å²) in [6.07, 6.45) is 1.39. The summed E-state index contributed by atoms with van der Waals surface area (Å²) < 4.78 is 0. The van der Waals surface area contributed by atoms with Gasteiger partial charge in [-0.3, -0.25) is 0 Å². The first-order valence-corrected chi connectivity index (χ1v) is 5.15. The lowest BCUT2D eigenvalue weighted by Gasteiger charge is -2.08. The van der Waals surface area contributed by atoms with Gasteiger partial charge in [0.05, 0.1) is 11.9 Å². The Kier molecular flexibility index (Phi) is 3.12. The number of anilines is 2. The van der Waals surface area contributed by atoms with Crippen LogP contribution in [0.1, 0.15) is 0 Å². The number of nitrogens with zero attached hydrogens (tertiary/aromatic N) is 2. The standard InChI is InChI=1S/C10H7Cl2N3O/c11-6-5-13-10(12)15-9(6)14-7-3-1-2-4-8(7)16/h1-5,16H,(H,13,14,15). The van der Waals surface area contributed by atoms with Crippen LogP contribution in [0.4, 0.5) is 11.5 Å². The number of halogens is 2. The van der Waals surface area contributed by atoms with Gasteiger partial charge in [0.1, 0.15) is 10.8 Å². The number of hydrogen-bond donors (Lipinski definition) is 2. The zero-order valence-electron chi connectivity index (χ0n) is 7.98. The third kappa shape index (κ3) is 2.35. The molecular formula is C10H7Cl2N3O. The quantitative estimate of drug-likeness (QED) is 0.639. The monoisotopic (exact) mass is 255 g/mol. The van der Waals surface area contributed by atoms with Gasteiger partial charge in [0.2, 0.25) is 5.28 Å². The average Bonchev–Trinajstić information content (AvgIpc) is 2.27. The van der Waals surface area contributed by atoms with Crippen LogP contribution in [0.15, 0.2) is 30.5 Å². The average molecular weight is 256 g/mol. The van der Waals surface area contributed by atoms with Gasteiger partial charge in [0.25, 0.3) is 0 Å². The highest BCUT2D eigenvalue weighted by Crippen LogP contribution is 2.28. The summed E-state index contributed by atoms with van der Waals surface area (Å²) in [5, 5.41) is 12.8. The van der Waals surface area contributed by atoms with Crippen molar-refractivity contribution in [3.05, 3.63) is 40.8 Å². The number of phenols is 1. The van der Waals surface area contributed by atoms with Crippen LogP contribution in [0.2, 0.25) is 10.3 Å². The van der Waals surface area contributed by atoms with Gasteiger partial charge in [-0.25, -0.2) is 4.98 Å². The summed E-state index contributed by atoms with van der Waals surface area (Å²) in [5.41, 5.74) is 0.499. The number of nitrogens with one attached hydrogen (secondary N) is 1. The Morgan fingerprint density at radius 3 is 2.69 bits per heavy atom. The van der Waals surface area contributed by atoms with E-state index in [2.05, 4.69) is 15.3 Å². The molecule has 0 saturated carbocycles. The molecule has 0 atom stereocenters. The summed E-state index contributed by atoms with van der Waals surface area (Å²) in [5.74, 6) is 0.455. The van der Waals surface area contributed by atoms with Crippen molar-refractivity contribution in [1.82, 2.24) is 9.97 Å². The molecule has 0 bridgehead atoms. The lowest BCUT2D eigenvalue weighted by molar-refractivity contribution is 0.477. The highest BCUT2D eigenvalue weighted by Gasteiger charge is 2.06. The van der Waals surface area contributed by atoms with E-state index < -0.39 is 0 Å². The molecule has 2 aromatic rings. The van der Waals surface area contributed by atoms with Crippen LogP contribution in [0.25, 0.3) is 0 Å². The third-order valence-corrected chi connectivity index (χ3v) is 2.33. The van der Waals surface area contributed by atoms with Crippen LogP contribution < -0.4 is 5.32 Å². The molecule has 1 aromatic heterocycles. The molecular weight excluding hydrogens is 249 g/mol. The van der Waals surface area contributed by atoms with Gasteiger partial charge in [-0.2, -0.15) is 4.98 Å². The molecule has 1 heterocycles. The lowest BCUT2D eigenvalue weighted by Crippen LogP contribution is -1.96. The molecule has 16 heavy (non-hydrogen) atoms. The van der Waals surface area contributed by atoms with Gasteiger partial charge >= 0.3 is 0 Å². The van der Waals surface area contributed by atoms with Crippen molar-refractivity contribution < 1.29 is 5.11 Å². The molecule has 0 aliphatic rings. The molecule has 0 amide bonds. The van der Waals surface area contributed by atoms with E-state index in [0.29, 0.717) is 16.5 Å². The van der Waals surface area contributed by atoms with Crippen LogP contribution in [0, 0.1) is 0 Å². The zero-order valence-corrected chi connectivity index (χ0v) is 9.50. The second kappa shape index (κ2) is 4.55. The largest absolute Gasteiger partial charge is 0.506 e. The Morgan fingerprint density at radius 2 is 1.94 bits per heavy atom. The highest BCUT2D eigenvalue weighted by atomic mass is 35.5. The molecule has 0 radical (unpaired) electrons. The first kappa shape index (κ1) is 11.0. The second-order valence-corrected chi connectivity index (χ2v) is 3.72. The van der Waals surface area contributed by atoms with Crippen LogP contribution >= 0.6 is 23.2 Å². The molecule has 0 aliphatic carbocycles. The predicted molar refractivity (Wildman–Crippen MR) is 63.4 cm³/mol. The van der Waals surface area contributed by atoms with E-state index in [1.54, 1.807) is 24.3 Å². The van der Waals surface area contributed by atoms with Crippen LogP contribution in [-0.4, -0.2) is 15.1 Å². The van der Waals surface area contributed by atoms with Gasteiger partial charge in [-0.1, -0.05) is 23.7 Å². The molecule has 0 fully saturated rings. The Bertz CT molecular complexity index is 519. The second-order valence-electron chi connectivity index (χ2n) is 2.98. The zero-order chi connectivity index (χ0) is 11.5. The summed E-state index contributed by atoms with van der Waals surface area (Å²) in [4.78, 5) is 7.63. The summed E-state index contributed by atoms with van der Waals surface area (Å²) in [6.45, 7) is 0. The number of hydrogen-bond acceptors (Lipinski definition) is 4. The van der Waals surface area contributed by atoms with Gasteiger partial charge in [-0.15, -0.1) is 0 Å². The van der Waals surface area contributed by atoms with Gasteiger partial charge < -0.3 is 10.4 Å². The Balaban J connectivity index is 2.34. The van der Waals surface area contributed by atoms with E-state index in [4.69, 9.17) is 23.2 Å². The number of aromatic hydroxyl groups is 1. The van der Waals surface area contributed by atoms with Crippen molar-refractivity contribution in [2.24, 2.45) is 0 Å². The molecule has 0 saturated heterocycles. The minimum Gasteiger partial charge on any atom is -0.506 e. The van der Waals surface area contributed by atoms with Crippen molar-refractivity contribution in [3.8, 4) is 5.75 Å². The van der Waals surface area contributed by atoms with Crippen LogP contribution in [0.5, 0.6) is 5.75 Å². The summed E-state index contributed by atoms with van der Waals surface area (Å²) >= 11 is 11.5. The fourth-order valence-electron chi connectivity index (χ4n) is 1.14. The highest BCUT2D eigenvalue weighted by molar-refractivity contribution is 6.33. The molecule has 0 aliphatic heterocycles. The fraction of sp³-hybridized carbons (Fsp3) is 0. The van der Waals surface area contributed by atoms with Crippen molar-refractivity contribution in [2.75, 3.05) is 5.32 Å². The number of aromatic nitrogens is 2. The maximum Gasteiger partial charge on any atom is 0.224 e. The maximum atomic E-state index is 9.55. The number of para-hydroxylation sites is 2. The topological polar surface area (TPSA) is 58.0 Å². The van der Waals surface area contributed by atoms with E-state index in [-0.39, 0.29) is 11.0 Å². The molecule has 1 aromatic carbocycles. The van der Waals surface area contributed by atoms with Crippen molar-refractivity contribution in [3.63, 3.8) is 0 Å². The van der Waals surface area contributed by atoms with E-state index in [9.17, 15) is 5.11 Å². The van der Waals surface area contributed by atoms with Gasteiger partial charge in [-0.05, 0) is 23.7 Å². The lowest BCUT2D eigenvalue weighted by atomic mass is 10.3. The Labute approximate surface area is 102 Å². The maximum absolute atomic E-state index is 9.55. The molecule has 0 unspecified atom stereocenters. The number of benzene rings is 1. The van der Waals surface area contributed by atoms with Crippen LogP contribution in [-0.2, 0) is 0 Å². The van der Waals surface area contributed by atoms with Crippen molar-refractivity contribution in [1.29, 1.82) is 0 Å². The smallest absolute Gasteiger partial charge is 0.224 e. The minimum absolute atomic E-state index is 0.0855. The SMILES string of the molecule is Oc1ccccc1Nc1nc(Cl)ncc1Cl. The first-order valence-electron chi connectivity index (χ1n) is 4.40. The normalized spacial score (nSPS) is 10.1. The van der Waals surface area contributed by atoms with E-state index in [1.807, 2.05) is 0 Å². The Hall–Kier alpha value is -1.52. The van der Waals surface area contributed by atoms with Crippen LogP contribution in [0.3, 0.4) is 0 Å². The fourth-order valence-corrected chi connectivity index (χ4v) is 1.41.